The van der Waals surface area contributed by atoms with Crippen LogP contribution in [0.15, 0.2) is 45.2 Å². The molecule has 2 aromatic rings. The van der Waals surface area contributed by atoms with Crippen LogP contribution in [0.2, 0.25) is 0 Å². The van der Waals surface area contributed by atoms with Crippen LogP contribution in [0.25, 0.3) is 0 Å². The molecule has 0 aliphatic carbocycles. The molecule has 8 nitrogen and oxygen atoms in total. The largest absolute Gasteiger partial charge is 0.330 e. The Bertz CT molecular complexity index is 979. The van der Waals surface area contributed by atoms with Gasteiger partial charge in [0.1, 0.15) is 0 Å². The van der Waals surface area contributed by atoms with E-state index in [9.17, 15) is 18.0 Å². The first kappa shape index (κ1) is 16.6. The lowest BCUT2D eigenvalue weighted by atomic mass is 10.1. The Hall–Kier alpha value is -2.26. The van der Waals surface area contributed by atoms with Gasteiger partial charge in [0, 0.05) is 39.2 Å². The molecule has 1 saturated heterocycles. The average Bonchev–Trinajstić information content (AvgIpc) is 3.07. The second-order valence-corrected chi connectivity index (χ2v) is 7.67. The monoisotopic (exact) mass is 350 g/mol. The summed E-state index contributed by atoms with van der Waals surface area (Å²) >= 11 is 0. The third kappa shape index (κ3) is 2.59. The van der Waals surface area contributed by atoms with Gasteiger partial charge in [0.2, 0.25) is 0 Å². The van der Waals surface area contributed by atoms with Gasteiger partial charge in [-0.05, 0) is 24.5 Å². The molecular weight excluding hydrogens is 332 g/mol. The Morgan fingerprint density at radius 2 is 2.00 bits per heavy atom. The summed E-state index contributed by atoms with van der Waals surface area (Å²) < 4.78 is 29.3. The van der Waals surface area contributed by atoms with Crippen LogP contribution < -0.4 is 11.2 Å². The summed E-state index contributed by atoms with van der Waals surface area (Å²) in [6, 6.07) is 3.22. The summed E-state index contributed by atoms with van der Waals surface area (Å²) in [6.07, 6.45) is 5.72. The number of aryl methyl sites for hydroxylation is 1. The van der Waals surface area contributed by atoms with Crippen molar-refractivity contribution >= 4 is 10.0 Å². The molecule has 24 heavy (non-hydrogen) atoms. The van der Waals surface area contributed by atoms with Gasteiger partial charge in [0.15, 0.2) is 4.90 Å². The Kier molecular flexibility index (Phi) is 4.14. The second-order valence-electron chi connectivity index (χ2n) is 5.81. The van der Waals surface area contributed by atoms with Crippen molar-refractivity contribution in [3.8, 4) is 0 Å². The molecule has 9 heteroatoms. The first-order chi connectivity index (χ1) is 11.3. The molecule has 1 fully saturated rings. The summed E-state index contributed by atoms with van der Waals surface area (Å²) in [7, 11) is -1.33. The maximum atomic E-state index is 13.0. The Balaban J connectivity index is 2.12. The molecule has 0 radical (unpaired) electrons. The molecule has 0 amide bonds. The average molecular weight is 350 g/mol. The highest BCUT2D eigenvalue weighted by molar-refractivity contribution is 7.89. The highest BCUT2D eigenvalue weighted by atomic mass is 32.2. The van der Waals surface area contributed by atoms with Crippen LogP contribution in [0.3, 0.4) is 0 Å². The van der Waals surface area contributed by atoms with Gasteiger partial charge in [-0.15, -0.1) is 0 Å². The molecule has 0 spiro atoms. The number of hydrogen-bond donors (Lipinski definition) is 0. The lowest BCUT2D eigenvalue weighted by Crippen LogP contribution is -2.42. The number of aromatic nitrogens is 3. The van der Waals surface area contributed by atoms with Crippen molar-refractivity contribution in [1.29, 1.82) is 0 Å². The number of sulfonamides is 1. The van der Waals surface area contributed by atoms with Gasteiger partial charge in [-0.2, -0.15) is 4.31 Å². The molecule has 1 aliphatic rings. The fourth-order valence-corrected chi connectivity index (χ4v) is 4.85. The normalized spacial score (nSPS) is 18.8. The van der Waals surface area contributed by atoms with E-state index in [0.717, 1.165) is 20.9 Å². The van der Waals surface area contributed by atoms with Crippen LogP contribution in [0.5, 0.6) is 0 Å². The van der Waals surface area contributed by atoms with Gasteiger partial charge < -0.3 is 4.57 Å². The third-order valence-electron chi connectivity index (χ3n) is 4.27. The number of nitrogens with zero attached hydrogens (tertiary/aromatic N) is 4. The Morgan fingerprint density at radius 1 is 1.25 bits per heavy atom. The van der Waals surface area contributed by atoms with Crippen LogP contribution in [0, 0.1) is 0 Å². The van der Waals surface area contributed by atoms with Gasteiger partial charge in [-0.3, -0.25) is 14.3 Å². The molecule has 1 atom stereocenters. The van der Waals surface area contributed by atoms with Gasteiger partial charge in [-0.25, -0.2) is 13.2 Å². The molecule has 0 bridgehead atoms. The van der Waals surface area contributed by atoms with Crippen molar-refractivity contribution in [1.82, 2.24) is 18.4 Å². The molecule has 1 aliphatic heterocycles. The summed E-state index contributed by atoms with van der Waals surface area (Å²) in [6.45, 7) is 0.327. The second kappa shape index (κ2) is 5.99. The molecule has 128 valence electrons. The molecular formula is C15H18N4O4S. The highest BCUT2D eigenvalue weighted by Gasteiger charge is 2.38. The van der Waals surface area contributed by atoms with E-state index in [1.807, 2.05) is 6.07 Å². The summed E-state index contributed by atoms with van der Waals surface area (Å²) in [5.41, 5.74) is -0.584. The van der Waals surface area contributed by atoms with Crippen LogP contribution in [-0.4, -0.2) is 33.4 Å². The molecule has 0 saturated carbocycles. The van der Waals surface area contributed by atoms with Crippen LogP contribution in [0.4, 0.5) is 0 Å². The molecule has 2 aromatic heterocycles. The van der Waals surface area contributed by atoms with Crippen molar-refractivity contribution < 1.29 is 8.42 Å². The van der Waals surface area contributed by atoms with E-state index in [1.54, 1.807) is 18.5 Å². The summed E-state index contributed by atoms with van der Waals surface area (Å²) in [5, 5.41) is 0. The first-order valence-corrected chi connectivity index (χ1v) is 8.96. The SMILES string of the molecule is Cn1cc(S(=O)(=O)N2CCCC2c2cccnc2)c(=O)n(C)c1=O. The zero-order valence-corrected chi connectivity index (χ0v) is 14.2. The maximum absolute atomic E-state index is 13.0. The van der Waals surface area contributed by atoms with Gasteiger partial charge >= 0.3 is 5.69 Å². The van der Waals surface area contributed by atoms with Crippen molar-refractivity contribution in [3.05, 3.63) is 57.1 Å². The fraction of sp³-hybridized carbons (Fsp3) is 0.400. The molecule has 1 unspecified atom stereocenters. The van der Waals surface area contributed by atoms with Crippen molar-refractivity contribution in [2.45, 2.75) is 23.8 Å². The van der Waals surface area contributed by atoms with Gasteiger partial charge in [0.25, 0.3) is 15.6 Å². The molecule has 0 aromatic carbocycles. The minimum absolute atomic E-state index is 0.327. The van der Waals surface area contributed by atoms with Crippen LogP contribution >= 0.6 is 0 Å². The van der Waals surface area contributed by atoms with E-state index in [1.165, 1.54) is 18.4 Å². The molecule has 3 rings (SSSR count). The van der Waals surface area contributed by atoms with Crippen molar-refractivity contribution in [3.63, 3.8) is 0 Å². The number of rotatable bonds is 3. The Morgan fingerprint density at radius 3 is 2.67 bits per heavy atom. The molecule has 3 heterocycles. The lowest BCUT2D eigenvalue weighted by molar-refractivity contribution is 0.394. The van der Waals surface area contributed by atoms with Crippen molar-refractivity contribution in [2.24, 2.45) is 14.1 Å². The van der Waals surface area contributed by atoms with Gasteiger partial charge in [-0.1, -0.05) is 6.07 Å². The van der Waals surface area contributed by atoms with Crippen LogP contribution in [-0.2, 0) is 24.1 Å². The highest BCUT2D eigenvalue weighted by Crippen LogP contribution is 2.35. The predicted molar refractivity (Wildman–Crippen MR) is 87.0 cm³/mol. The maximum Gasteiger partial charge on any atom is 0.330 e. The smallest absolute Gasteiger partial charge is 0.302 e. The Labute approximate surface area is 139 Å². The standard InChI is InChI=1S/C15H18N4O4S/c1-17-10-13(14(20)18(2)15(17)21)24(22,23)19-8-4-6-12(19)11-5-3-7-16-9-11/h3,5,7,9-10,12H,4,6,8H2,1-2H3. The van der Waals surface area contributed by atoms with E-state index in [0.29, 0.717) is 19.4 Å². The van der Waals surface area contributed by atoms with Gasteiger partial charge in [0.05, 0.1) is 6.04 Å². The van der Waals surface area contributed by atoms with E-state index in [2.05, 4.69) is 4.98 Å². The fourth-order valence-electron chi connectivity index (χ4n) is 3.01. The van der Waals surface area contributed by atoms with E-state index >= 15 is 0 Å². The zero-order chi connectivity index (χ0) is 17.5. The number of hydrogen-bond acceptors (Lipinski definition) is 5. The number of pyridine rings is 1. The quantitative estimate of drug-likeness (QED) is 0.777. The topological polar surface area (TPSA) is 94.3 Å². The molecule has 0 N–H and O–H groups in total. The minimum atomic E-state index is -4.02. The first-order valence-electron chi connectivity index (χ1n) is 7.52. The zero-order valence-electron chi connectivity index (χ0n) is 13.4. The van der Waals surface area contributed by atoms with E-state index in [-0.39, 0.29) is 10.9 Å². The third-order valence-corrected chi connectivity index (χ3v) is 6.16. The summed E-state index contributed by atoms with van der Waals surface area (Å²) in [5.74, 6) is 0. The van der Waals surface area contributed by atoms with E-state index < -0.39 is 21.3 Å². The summed E-state index contributed by atoms with van der Waals surface area (Å²) in [4.78, 5) is 27.8. The van der Waals surface area contributed by atoms with E-state index in [4.69, 9.17) is 0 Å². The van der Waals surface area contributed by atoms with Crippen molar-refractivity contribution in [2.75, 3.05) is 6.54 Å². The van der Waals surface area contributed by atoms with Crippen LogP contribution in [0.1, 0.15) is 24.4 Å². The predicted octanol–water partition coefficient (Wildman–Crippen LogP) is 0.00480. The lowest BCUT2D eigenvalue weighted by Gasteiger charge is -2.24. The minimum Gasteiger partial charge on any atom is -0.302 e.